The van der Waals surface area contributed by atoms with Crippen LogP contribution in [0.15, 0.2) is 46.9 Å². The van der Waals surface area contributed by atoms with Gasteiger partial charge in [-0.3, -0.25) is 9.69 Å². The topological polar surface area (TPSA) is 36.7 Å². The average molecular weight is 284 g/mol. The van der Waals surface area contributed by atoms with Gasteiger partial charge in [0, 0.05) is 25.7 Å². The lowest BCUT2D eigenvalue weighted by Gasteiger charge is -2.39. The molecule has 4 nitrogen and oxygen atoms in total. The van der Waals surface area contributed by atoms with Gasteiger partial charge in [0.15, 0.2) is 12.0 Å². The summed E-state index contributed by atoms with van der Waals surface area (Å²) < 4.78 is 5.52. The molecule has 110 valence electrons. The van der Waals surface area contributed by atoms with E-state index in [1.807, 2.05) is 12.1 Å². The molecule has 1 aliphatic heterocycles. The fourth-order valence-corrected chi connectivity index (χ4v) is 2.88. The van der Waals surface area contributed by atoms with E-state index in [2.05, 4.69) is 41.1 Å². The van der Waals surface area contributed by atoms with Crippen LogP contribution >= 0.6 is 0 Å². The summed E-state index contributed by atoms with van der Waals surface area (Å²) in [6.45, 7) is 3.78. The molecule has 0 aliphatic carbocycles. The molecule has 0 N–H and O–H groups in total. The first kappa shape index (κ1) is 14.0. The Kier molecular flexibility index (Phi) is 4.18. The minimum Gasteiger partial charge on any atom is -0.457 e. The Morgan fingerprint density at radius 3 is 2.71 bits per heavy atom. The lowest BCUT2D eigenvalue weighted by atomic mass is 10.0. The van der Waals surface area contributed by atoms with Gasteiger partial charge in [-0.25, -0.2) is 0 Å². The van der Waals surface area contributed by atoms with E-state index < -0.39 is 0 Å². The first-order valence-corrected chi connectivity index (χ1v) is 7.27. The molecule has 1 aromatic carbocycles. The van der Waals surface area contributed by atoms with Crippen molar-refractivity contribution in [2.45, 2.75) is 12.6 Å². The molecule has 1 aromatic heterocycles. The summed E-state index contributed by atoms with van der Waals surface area (Å²) in [6.07, 6.45) is 0.752. The highest BCUT2D eigenvalue weighted by Crippen LogP contribution is 2.26. The molecule has 0 spiro atoms. The lowest BCUT2D eigenvalue weighted by Crippen LogP contribution is -2.46. The number of likely N-dealkylation sites (N-methyl/N-ethyl adjacent to an activating group) is 1. The highest BCUT2D eigenvalue weighted by Gasteiger charge is 2.27. The summed E-state index contributed by atoms with van der Waals surface area (Å²) in [7, 11) is 2.16. The maximum atomic E-state index is 10.7. The van der Waals surface area contributed by atoms with Crippen LogP contribution in [0.3, 0.4) is 0 Å². The van der Waals surface area contributed by atoms with Crippen LogP contribution in [0.2, 0.25) is 0 Å². The predicted molar refractivity (Wildman–Crippen MR) is 81.2 cm³/mol. The van der Waals surface area contributed by atoms with Crippen LogP contribution in [0.1, 0.15) is 27.9 Å². The summed E-state index contributed by atoms with van der Waals surface area (Å²) in [4.78, 5) is 15.5. The Balaban J connectivity index is 1.79. The number of hydrogen-bond donors (Lipinski definition) is 0. The van der Waals surface area contributed by atoms with E-state index in [1.54, 1.807) is 6.07 Å². The minimum atomic E-state index is 0.356. The van der Waals surface area contributed by atoms with Crippen molar-refractivity contribution in [2.24, 2.45) is 0 Å². The maximum absolute atomic E-state index is 10.7. The highest BCUT2D eigenvalue weighted by atomic mass is 16.3. The van der Waals surface area contributed by atoms with Gasteiger partial charge in [-0.2, -0.15) is 0 Å². The van der Waals surface area contributed by atoms with Gasteiger partial charge in [-0.05, 0) is 24.7 Å². The number of nitrogens with zero attached hydrogens (tertiary/aromatic N) is 2. The van der Waals surface area contributed by atoms with E-state index in [9.17, 15) is 4.79 Å². The van der Waals surface area contributed by atoms with Crippen LogP contribution in [-0.4, -0.2) is 42.8 Å². The normalized spacial score (nSPS) is 20.5. The van der Waals surface area contributed by atoms with E-state index in [0.29, 0.717) is 11.8 Å². The SMILES string of the molecule is CN1CCN(Cc2ccc(C=O)o2)C(c2ccccc2)C1. The van der Waals surface area contributed by atoms with E-state index in [0.717, 1.165) is 38.2 Å². The maximum Gasteiger partial charge on any atom is 0.185 e. The molecule has 1 unspecified atom stereocenters. The number of furan rings is 1. The second kappa shape index (κ2) is 6.24. The highest BCUT2D eigenvalue weighted by molar-refractivity contribution is 5.70. The van der Waals surface area contributed by atoms with Crippen LogP contribution in [0.25, 0.3) is 0 Å². The Bertz CT molecular complexity index is 594. The summed E-state index contributed by atoms with van der Waals surface area (Å²) in [5.74, 6) is 1.25. The smallest absolute Gasteiger partial charge is 0.185 e. The van der Waals surface area contributed by atoms with Crippen molar-refractivity contribution in [3.63, 3.8) is 0 Å². The van der Waals surface area contributed by atoms with Crippen molar-refractivity contribution in [2.75, 3.05) is 26.7 Å². The third-order valence-corrected chi connectivity index (χ3v) is 4.04. The molecule has 1 fully saturated rings. The molecule has 0 radical (unpaired) electrons. The van der Waals surface area contributed by atoms with Crippen molar-refractivity contribution < 1.29 is 9.21 Å². The molecule has 0 bridgehead atoms. The molecule has 1 aliphatic rings. The quantitative estimate of drug-likeness (QED) is 0.809. The first-order valence-electron chi connectivity index (χ1n) is 7.27. The first-order chi connectivity index (χ1) is 10.3. The van der Waals surface area contributed by atoms with Gasteiger partial charge in [-0.15, -0.1) is 0 Å². The second-order valence-corrected chi connectivity index (χ2v) is 5.58. The van der Waals surface area contributed by atoms with Crippen LogP contribution < -0.4 is 0 Å². The van der Waals surface area contributed by atoms with Crippen molar-refractivity contribution in [1.29, 1.82) is 0 Å². The standard InChI is InChI=1S/C17H20N2O2/c1-18-9-10-19(11-15-7-8-16(13-20)21-15)17(12-18)14-5-3-2-4-6-14/h2-8,13,17H,9-12H2,1H3. The van der Waals surface area contributed by atoms with Gasteiger partial charge in [0.25, 0.3) is 0 Å². The van der Waals surface area contributed by atoms with Gasteiger partial charge >= 0.3 is 0 Å². The molecule has 2 aromatic rings. The van der Waals surface area contributed by atoms with Gasteiger partial charge < -0.3 is 9.32 Å². The van der Waals surface area contributed by atoms with E-state index in [1.165, 1.54) is 5.56 Å². The zero-order chi connectivity index (χ0) is 14.7. The molecule has 0 saturated carbocycles. The molecule has 2 heterocycles. The summed E-state index contributed by atoms with van der Waals surface area (Å²) in [5, 5.41) is 0. The van der Waals surface area contributed by atoms with E-state index in [4.69, 9.17) is 4.42 Å². The monoisotopic (exact) mass is 284 g/mol. The zero-order valence-electron chi connectivity index (χ0n) is 12.2. The summed E-state index contributed by atoms with van der Waals surface area (Å²) >= 11 is 0. The van der Waals surface area contributed by atoms with Crippen molar-refractivity contribution in [1.82, 2.24) is 9.80 Å². The molecule has 21 heavy (non-hydrogen) atoms. The number of carbonyl (C=O) groups excluding carboxylic acids is 1. The molecular formula is C17H20N2O2. The largest absolute Gasteiger partial charge is 0.457 e. The molecule has 1 atom stereocenters. The van der Waals surface area contributed by atoms with Gasteiger partial charge in [0.2, 0.25) is 0 Å². The van der Waals surface area contributed by atoms with E-state index >= 15 is 0 Å². The van der Waals surface area contributed by atoms with Crippen LogP contribution in [0.4, 0.5) is 0 Å². The number of hydrogen-bond acceptors (Lipinski definition) is 4. The van der Waals surface area contributed by atoms with Crippen molar-refractivity contribution in [3.05, 3.63) is 59.5 Å². The third-order valence-electron chi connectivity index (χ3n) is 4.04. The molecule has 1 saturated heterocycles. The van der Waals surface area contributed by atoms with Gasteiger partial charge in [-0.1, -0.05) is 30.3 Å². The number of carbonyl (C=O) groups is 1. The molecular weight excluding hydrogens is 264 g/mol. The number of rotatable bonds is 4. The minimum absolute atomic E-state index is 0.356. The van der Waals surface area contributed by atoms with Crippen LogP contribution in [0.5, 0.6) is 0 Å². The molecule has 4 heteroatoms. The Labute approximate surface area is 125 Å². The number of benzene rings is 1. The summed E-state index contributed by atoms with van der Waals surface area (Å²) in [5.41, 5.74) is 1.33. The lowest BCUT2D eigenvalue weighted by molar-refractivity contribution is 0.0767. The average Bonchev–Trinajstić information content (AvgIpc) is 2.98. The van der Waals surface area contributed by atoms with Gasteiger partial charge in [0.1, 0.15) is 5.76 Å². The second-order valence-electron chi connectivity index (χ2n) is 5.58. The molecule has 3 rings (SSSR count). The number of piperazine rings is 1. The Morgan fingerprint density at radius 2 is 2.00 bits per heavy atom. The zero-order valence-corrected chi connectivity index (χ0v) is 12.2. The van der Waals surface area contributed by atoms with Gasteiger partial charge in [0.05, 0.1) is 6.54 Å². The van der Waals surface area contributed by atoms with Crippen molar-refractivity contribution >= 4 is 6.29 Å². The Morgan fingerprint density at radius 1 is 1.19 bits per heavy atom. The fourth-order valence-electron chi connectivity index (χ4n) is 2.88. The molecule has 0 amide bonds. The number of aldehydes is 1. The Hall–Kier alpha value is -1.91. The third kappa shape index (κ3) is 3.23. The van der Waals surface area contributed by atoms with E-state index in [-0.39, 0.29) is 0 Å². The van der Waals surface area contributed by atoms with Crippen LogP contribution in [-0.2, 0) is 6.54 Å². The fraction of sp³-hybridized carbons (Fsp3) is 0.353. The van der Waals surface area contributed by atoms with Crippen LogP contribution in [0, 0.1) is 0 Å². The van der Waals surface area contributed by atoms with Crippen molar-refractivity contribution in [3.8, 4) is 0 Å². The predicted octanol–water partition coefficient (Wildman–Crippen LogP) is 2.58. The summed E-state index contributed by atoms with van der Waals surface area (Å²) in [6, 6.07) is 14.5.